The second-order valence-electron chi connectivity index (χ2n) is 4.76. The minimum Gasteiger partial charge on any atom is -0.395 e. The van der Waals surface area contributed by atoms with Gasteiger partial charge in [-0.1, -0.05) is 36.8 Å². The van der Waals surface area contributed by atoms with E-state index >= 15 is 0 Å². The highest BCUT2D eigenvalue weighted by molar-refractivity contribution is 5.35. The molecule has 0 amide bonds. The Hall–Kier alpha value is -1.30. The van der Waals surface area contributed by atoms with E-state index in [1.807, 2.05) is 12.1 Å². The predicted octanol–water partition coefficient (Wildman–Crippen LogP) is 2.74. The summed E-state index contributed by atoms with van der Waals surface area (Å²) in [6.45, 7) is 1.69. The van der Waals surface area contributed by atoms with Gasteiger partial charge in [-0.25, -0.2) is 0 Å². The fraction of sp³-hybridized carbons (Fsp3) is 0.500. The van der Waals surface area contributed by atoms with Gasteiger partial charge in [-0.2, -0.15) is 0 Å². The first kappa shape index (κ1) is 13.1. The lowest BCUT2D eigenvalue weighted by Crippen LogP contribution is -1.96. The number of aliphatic hydroxyl groups excluding tert-OH is 1. The summed E-state index contributed by atoms with van der Waals surface area (Å²) in [5.74, 6) is 6.86. The van der Waals surface area contributed by atoms with Gasteiger partial charge in [0.15, 0.2) is 0 Å². The lowest BCUT2D eigenvalue weighted by molar-refractivity contribution is 0.115. The topological polar surface area (TPSA) is 29.5 Å². The molecular weight excluding hydrogens is 224 g/mol. The molecule has 1 aromatic rings. The van der Waals surface area contributed by atoms with Crippen LogP contribution in [0.4, 0.5) is 0 Å². The van der Waals surface area contributed by atoms with Crippen LogP contribution in [0.3, 0.4) is 0 Å². The molecule has 1 aliphatic carbocycles. The Morgan fingerprint density at radius 1 is 1.22 bits per heavy atom. The van der Waals surface area contributed by atoms with Gasteiger partial charge in [-0.3, -0.25) is 0 Å². The molecule has 0 heterocycles. The first-order valence-corrected chi connectivity index (χ1v) is 6.65. The van der Waals surface area contributed by atoms with Crippen molar-refractivity contribution in [1.29, 1.82) is 0 Å². The number of benzene rings is 1. The highest BCUT2D eigenvalue weighted by Gasteiger charge is 2.20. The van der Waals surface area contributed by atoms with E-state index in [1.165, 1.54) is 24.8 Å². The molecule has 96 valence electrons. The van der Waals surface area contributed by atoms with Gasteiger partial charge in [0, 0.05) is 18.6 Å². The Bertz CT molecular complexity index is 407. The Morgan fingerprint density at radius 2 is 2.00 bits per heavy atom. The molecule has 1 N–H and O–H groups in total. The molecule has 2 heteroatoms. The number of aliphatic hydroxyl groups is 1. The van der Waals surface area contributed by atoms with E-state index in [2.05, 4.69) is 24.0 Å². The average molecular weight is 244 g/mol. The molecule has 0 aromatic heterocycles. The fourth-order valence-corrected chi connectivity index (χ4v) is 1.75. The van der Waals surface area contributed by atoms with Crippen LogP contribution < -0.4 is 0 Å². The Kier molecular flexibility index (Phi) is 5.26. The number of hydrogen-bond donors (Lipinski definition) is 1. The van der Waals surface area contributed by atoms with Gasteiger partial charge in [-0.05, 0) is 30.0 Å². The average Bonchev–Trinajstić information content (AvgIpc) is 3.21. The van der Waals surface area contributed by atoms with Crippen molar-refractivity contribution in [1.82, 2.24) is 0 Å². The summed E-state index contributed by atoms with van der Waals surface area (Å²) in [4.78, 5) is 0. The SMILES string of the molecule is OCCC#Cc1ccc(COCCC2CC2)cc1. The molecule has 0 saturated heterocycles. The van der Waals surface area contributed by atoms with Crippen LogP contribution in [0.2, 0.25) is 0 Å². The third-order valence-electron chi connectivity index (χ3n) is 3.06. The molecule has 0 radical (unpaired) electrons. The molecular formula is C16H20O2. The summed E-state index contributed by atoms with van der Waals surface area (Å²) < 4.78 is 5.64. The van der Waals surface area contributed by atoms with E-state index < -0.39 is 0 Å². The minimum absolute atomic E-state index is 0.125. The molecule has 1 aliphatic rings. The van der Waals surface area contributed by atoms with Crippen molar-refractivity contribution in [2.45, 2.75) is 32.3 Å². The quantitative estimate of drug-likeness (QED) is 0.616. The van der Waals surface area contributed by atoms with Gasteiger partial charge >= 0.3 is 0 Å². The molecule has 1 aromatic carbocycles. The molecule has 1 fully saturated rings. The molecule has 2 nitrogen and oxygen atoms in total. The number of rotatable bonds is 6. The summed E-state index contributed by atoms with van der Waals surface area (Å²) in [7, 11) is 0. The first-order chi connectivity index (χ1) is 8.88. The monoisotopic (exact) mass is 244 g/mol. The predicted molar refractivity (Wildman–Crippen MR) is 72.0 cm³/mol. The third-order valence-corrected chi connectivity index (χ3v) is 3.06. The molecule has 1 saturated carbocycles. The summed E-state index contributed by atoms with van der Waals surface area (Å²) in [5, 5.41) is 8.63. The third kappa shape index (κ3) is 4.91. The minimum atomic E-state index is 0.125. The maximum Gasteiger partial charge on any atom is 0.0716 e. The van der Waals surface area contributed by atoms with Crippen LogP contribution in [0.1, 0.15) is 36.8 Å². The molecule has 0 bridgehead atoms. The smallest absolute Gasteiger partial charge is 0.0716 e. The van der Waals surface area contributed by atoms with Crippen LogP contribution in [0.15, 0.2) is 24.3 Å². The van der Waals surface area contributed by atoms with Crippen molar-refractivity contribution in [3.8, 4) is 11.8 Å². The van der Waals surface area contributed by atoms with Gasteiger partial charge in [0.2, 0.25) is 0 Å². The normalized spacial score (nSPS) is 14.1. The lowest BCUT2D eigenvalue weighted by Gasteiger charge is -2.03. The van der Waals surface area contributed by atoms with E-state index in [0.29, 0.717) is 13.0 Å². The van der Waals surface area contributed by atoms with Gasteiger partial charge in [-0.15, -0.1) is 0 Å². The number of hydrogen-bond acceptors (Lipinski definition) is 2. The van der Waals surface area contributed by atoms with Crippen molar-refractivity contribution in [3.05, 3.63) is 35.4 Å². The van der Waals surface area contributed by atoms with Crippen molar-refractivity contribution >= 4 is 0 Å². The van der Waals surface area contributed by atoms with E-state index in [4.69, 9.17) is 9.84 Å². The Morgan fingerprint density at radius 3 is 2.67 bits per heavy atom. The van der Waals surface area contributed by atoms with Crippen molar-refractivity contribution < 1.29 is 9.84 Å². The van der Waals surface area contributed by atoms with Crippen LogP contribution in [0.5, 0.6) is 0 Å². The lowest BCUT2D eigenvalue weighted by atomic mass is 10.1. The maximum absolute atomic E-state index is 8.63. The molecule has 2 rings (SSSR count). The summed E-state index contributed by atoms with van der Waals surface area (Å²) >= 11 is 0. The summed E-state index contributed by atoms with van der Waals surface area (Å²) in [5.41, 5.74) is 2.18. The van der Waals surface area contributed by atoms with E-state index in [0.717, 1.165) is 18.1 Å². The molecule has 18 heavy (non-hydrogen) atoms. The largest absolute Gasteiger partial charge is 0.395 e. The van der Waals surface area contributed by atoms with Gasteiger partial charge in [0.25, 0.3) is 0 Å². The first-order valence-electron chi connectivity index (χ1n) is 6.65. The zero-order chi connectivity index (χ0) is 12.6. The summed E-state index contributed by atoms with van der Waals surface area (Å²) in [6, 6.07) is 8.12. The van der Waals surface area contributed by atoms with Gasteiger partial charge in [0.1, 0.15) is 0 Å². The van der Waals surface area contributed by atoms with Gasteiger partial charge < -0.3 is 9.84 Å². The van der Waals surface area contributed by atoms with Crippen molar-refractivity contribution in [2.75, 3.05) is 13.2 Å². The zero-order valence-corrected chi connectivity index (χ0v) is 10.7. The second kappa shape index (κ2) is 7.20. The van der Waals surface area contributed by atoms with Crippen molar-refractivity contribution in [3.63, 3.8) is 0 Å². The van der Waals surface area contributed by atoms with Crippen molar-refractivity contribution in [2.24, 2.45) is 5.92 Å². The van der Waals surface area contributed by atoms with Crippen LogP contribution in [0, 0.1) is 17.8 Å². The van der Waals surface area contributed by atoms with Gasteiger partial charge in [0.05, 0.1) is 13.2 Å². The molecule has 0 atom stereocenters. The second-order valence-corrected chi connectivity index (χ2v) is 4.76. The highest BCUT2D eigenvalue weighted by atomic mass is 16.5. The van der Waals surface area contributed by atoms with Crippen LogP contribution in [-0.4, -0.2) is 18.3 Å². The number of ether oxygens (including phenoxy) is 1. The van der Waals surface area contributed by atoms with E-state index in [-0.39, 0.29) is 6.61 Å². The standard InChI is InChI=1S/C16H20O2/c17-11-2-1-3-14-6-8-16(9-7-14)13-18-12-10-15-4-5-15/h6-9,15,17H,2,4-5,10-13H2. The Labute approximate surface area is 109 Å². The van der Waals surface area contributed by atoms with Crippen LogP contribution in [-0.2, 0) is 11.3 Å². The van der Waals surface area contributed by atoms with E-state index in [9.17, 15) is 0 Å². The molecule has 0 spiro atoms. The maximum atomic E-state index is 8.63. The molecule has 0 unspecified atom stereocenters. The fourth-order valence-electron chi connectivity index (χ4n) is 1.75. The highest BCUT2D eigenvalue weighted by Crippen LogP contribution is 2.32. The van der Waals surface area contributed by atoms with Crippen LogP contribution >= 0.6 is 0 Å². The zero-order valence-electron chi connectivity index (χ0n) is 10.7. The molecule has 0 aliphatic heterocycles. The Balaban J connectivity index is 1.71. The van der Waals surface area contributed by atoms with E-state index in [1.54, 1.807) is 0 Å². The van der Waals surface area contributed by atoms with Crippen LogP contribution in [0.25, 0.3) is 0 Å². The summed E-state index contributed by atoms with van der Waals surface area (Å²) in [6.07, 6.45) is 4.53.